The van der Waals surface area contributed by atoms with E-state index < -0.39 is 12.0 Å². The number of nitrogens with one attached hydrogen (secondary N) is 1. The van der Waals surface area contributed by atoms with Crippen LogP contribution in [0.25, 0.3) is 0 Å². The third-order valence-corrected chi connectivity index (χ3v) is 2.52. The maximum atomic E-state index is 10.9. The molecule has 16 heavy (non-hydrogen) atoms. The molecule has 0 aromatic heterocycles. The molecule has 0 aromatic carbocycles. The summed E-state index contributed by atoms with van der Waals surface area (Å²) in [7, 11) is 1.96. The van der Waals surface area contributed by atoms with Crippen molar-refractivity contribution < 1.29 is 19.4 Å². The molecule has 1 saturated heterocycles. The number of nitrogens with zero attached hydrogens (tertiary/aromatic N) is 1. The summed E-state index contributed by atoms with van der Waals surface area (Å²) in [6.07, 6.45) is 0.172. The fourth-order valence-corrected chi connectivity index (χ4v) is 1.74. The molecule has 6 nitrogen and oxygen atoms in total. The number of ether oxygens (including phenoxy) is 1. The minimum absolute atomic E-state index is 0.133. The van der Waals surface area contributed by atoms with Crippen LogP contribution in [0.2, 0.25) is 0 Å². The third kappa shape index (κ3) is 4.16. The zero-order valence-corrected chi connectivity index (χ0v) is 9.60. The van der Waals surface area contributed by atoms with Crippen LogP contribution in [-0.2, 0) is 14.3 Å². The molecular formula is C10H18N2O4. The largest absolute Gasteiger partial charge is 0.480 e. The molecule has 0 aliphatic carbocycles. The van der Waals surface area contributed by atoms with E-state index in [1.54, 1.807) is 0 Å². The molecule has 1 aliphatic rings. The predicted molar refractivity (Wildman–Crippen MR) is 57.1 cm³/mol. The van der Waals surface area contributed by atoms with E-state index in [9.17, 15) is 9.59 Å². The molecule has 0 radical (unpaired) electrons. The normalized spacial score (nSPS) is 23.8. The Labute approximate surface area is 94.6 Å². The topological polar surface area (TPSA) is 78.9 Å². The number of likely N-dealkylation sites (N-methyl/N-ethyl adjacent to an activating group) is 1. The summed E-state index contributed by atoms with van der Waals surface area (Å²) in [6, 6.07) is -0.867. The quantitative estimate of drug-likeness (QED) is 0.667. The van der Waals surface area contributed by atoms with Crippen LogP contribution in [0.3, 0.4) is 0 Å². The number of hydrogen-bond acceptors (Lipinski definition) is 4. The minimum atomic E-state index is -1.02. The Morgan fingerprint density at radius 3 is 2.81 bits per heavy atom. The van der Waals surface area contributed by atoms with Crippen LogP contribution in [0.15, 0.2) is 0 Å². The lowest BCUT2D eigenvalue weighted by molar-refractivity contribution is -0.143. The van der Waals surface area contributed by atoms with Gasteiger partial charge >= 0.3 is 5.97 Å². The summed E-state index contributed by atoms with van der Waals surface area (Å²) >= 11 is 0. The average Bonchev–Trinajstić information content (AvgIpc) is 2.15. The molecule has 1 rings (SSSR count). The van der Waals surface area contributed by atoms with Gasteiger partial charge in [0.1, 0.15) is 6.04 Å². The molecular weight excluding hydrogens is 212 g/mol. The van der Waals surface area contributed by atoms with Crippen molar-refractivity contribution in [2.75, 3.05) is 26.7 Å². The van der Waals surface area contributed by atoms with Crippen molar-refractivity contribution in [1.29, 1.82) is 0 Å². The molecule has 0 saturated carbocycles. The van der Waals surface area contributed by atoms with Gasteiger partial charge in [-0.2, -0.15) is 0 Å². The van der Waals surface area contributed by atoms with E-state index in [2.05, 4.69) is 10.2 Å². The highest BCUT2D eigenvalue weighted by molar-refractivity contribution is 5.82. The fraction of sp³-hybridized carbons (Fsp3) is 0.800. The van der Waals surface area contributed by atoms with Gasteiger partial charge in [0.2, 0.25) is 5.91 Å². The van der Waals surface area contributed by atoms with Crippen molar-refractivity contribution in [2.24, 2.45) is 0 Å². The maximum Gasteiger partial charge on any atom is 0.326 e. The van der Waals surface area contributed by atoms with E-state index in [4.69, 9.17) is 9.84 Å². The second kappa shape index (κ2) is 5.81. The van der Waals surface area contributed by atoms with Gasteiger partial charge in [0.15, 0.2) is 0 Å². The van der Waals surface area contributed by atoms with Crippen molar-refractivity contribution in [1.82, 2.24) is 10.2 Å². The van der Waals surface area contributed by atoms with Gasteiger partial charge in [-0.1, -0.05) is 0 Å². The highest BCUT2D eigenvalue weighted by Gasteiger charge is 2.26. The second-order valence-corrected chi connectivity index (χ2v) is 4.08. The molecule has 0 bridgehead atoms. The smallest absolute Gasteiger partial charge is 0.326 e. The lowest BCUT2D eigenvalue weighted by Crippen LogP contribution is -2.47. The SMILES string of the molecule is CC(=O)NC(CC1CN(C)CCO1)C(=O)O. The molecule has 2 atom stereocenters. The Bertz CT molecular complexity index is 270. The number of hydrogen-bond donors (Lipinski definition) is 2. The van der Waals surface area contributed by atoms with Crippen LogP contribution >= 0.6 is 0 Å². The van der Waals surface area contributed by atoms with Crippen molar-refractivity contribution in [3.05, 3.63) is 0 Å². The Morgan fingerprint density at radius 2 is 2.31 bits per heavy atom. The molecule has 1 heterocycles. The van der Waals surface area contributed by atoms with Gasteiger partial charge in [0, 0.05) is 26.4 Å². The molecule has 2 N–H and O–H groups in total. The van der Waals surface area contributed by atoms with Gasteiger partial charge in [0.25, 0.3) is 0 Å². The molecule has 1 fully saturated rings. The van der Waals surface area contributed by atoms with E-state index in [-0.39, 0.29) is 12.0 Å². The number of carboxylic acid groups (broad SMARTS) is 1. The summed E-state index contributed by atoms with van der Waals surface area (Å²) in [5, 5.41) is 11.3. The Hall–Kier alpha value is -1.14. The zero-order valence-electron chi connectivity index (χ0n) is 9.60. The fourth-order valence-electron chi connectivity index (χ4n) is 1.74. The number of aliphatic carboxylic acids is 1. The van der Waals surface area contributed by atoms with Crippen LogP contribution in [0.4, 0.5) is 0 Å². The second-order valence-electron chi connectivity index (χ2n) is 4.08. The van der Waals surface area contributed by atoms with Crippen LogP contribution in [0.1, 0.15) is 13.3 Å². The van der Waals surface area contributed by atoms with Crippen LogP contribution < -0.4 is 5.32 Å². The highest BCUT2D eigenvalue weighted by Crippen LogP contribution is 2.09. The van der Waals surface area contributed by atoms with Gasteiger partial charge in [-0.15, -0.1) is 0 Å². The van der Waals surface area contributed by atoms with E-state index in [1.807, 2.05) is 7.05 Å². The van der Waals surface area contributed by atoms with Crippen molar-refractivity contribution in [3.8, 4) is 0 Å². The molecule has 0 spiro atoms. The number of carbonyl (C=O) groups excluding carboxylic acids is 1. The lowest BCUT2D eigenvalue weighted by atomic mass is 10.1. The standard InChI is InChI=1S/C10H18N2O4/c1-7(13)11-9(10(14)15)5-8-6-12(2)3-4-16-8/h8-9H,3-6H2,1-2H3,(H,11,13)(H,14,15). The summed E-state index contributed by atoms with van der Waals surface area (Å²) in [5.41, 5.74) is 0. The molecule has 1 aliphatic heterocycles. The number of amides is 1. The maximum absolute atomic E-state index is 10.9. The third-order valence-electron chi connectivity index (χ3n) is 2.52. The summed E-state index contributed by atoms with van der Waals surface area (Å²) in [5.74, 6) is -1.36. The van der Waals surface area contributed by atoms with Crippen LogP contribution in [0.5, 0.6) is 0 Å². The highest BCUT2D eigenvalue weighted by atomic mass is 16.5. The van der Waals surface area contributed by atoms with Gasteiger partial charge in [-0.05, 0) is 7.05 Å². The Morgan fingerprint density at radius 1 is 1.62 bits per heavy atom. The summed E-state index contributed by atoms with van der Waals surface area (Å²) < 4.78 is 5.45. The van der Waals surface area contributed by atoms with Crippen LogP contribution in [0, 0.1) is 0 Å². The first kappa shape index (κ1) is 12.9. The molecule has 6 heteroatoms. The van der Waals surface area contributed by atoms with Crippen molar-refractivity contribution in [3.63, 3.8) is 0 Å². The van der Waals surface area contributed by atoms with Gasteiger partial charge in [-0.3, -0.25) is 4.79 Å². The number of morpholine rings is 1. The van der Waals surface area contributed by atoms with Gasteiger partial charge < -0.3 is 20.1 Å². The first-order valence-corrected chi connectivity index (χ1v) is 5.29. The molecule has 2 unspecified atom stereocenters. The first-order chi connectivity index (χ1) is 7.49. The van der Waals surface area contributed by atoms with E-state index >= 15 is 0 Å². The molecule has 1 amide bonds. The average molecular weight is 230 g/mol. The van der Waals surface area contributed by atoms with Crippen LogP contribution in [-0.4, -0.2) is 60.8 Å². The monoisotopic (exact) mass is 230 g/mol. The first-order valence-electron chi connectivity index (χ1n) is 5.29. The zero-order chi connectivity index (χ0) is 12.1. The van der Waals surface area contributed by atoms with Crippen molar-refractivity contribution in [2.45, 2.75) is 25.5 Å². The predicted octanol–water partition coefficient (Wildman–Crippen LogP) is -0.704. The lowest BCUT2D eigenvalue weighted by Gasteiger charge is -2.31. The van der Waals surface area contributed by atoms with Gasteiger partial charge in [-0.25, -0.2) is 4.79 Å². The van der Waals surface area contributed by atoms with Gasteiger partial charge in [0.05, 0.1) is 12.7 Å². The van der Waals surface area contributed by atoms with E-state index in [1.165, 1.54) is 6.92 Å². The van der Waals surface area contributed by atoms with E-state index in [0.29, 0.717) is 19.6 Å². The Balaban J connectivity index is 2.47. The number of rotatable bonds is 4. The number of carbonyl (C=O) groups is 2. The van der Waals surface area contributed by atoms with E-state index in [0.717, 1.165) is 6.54 Å². The summed E-state index contributed by atoms with van der Waals surface area (Å²) in [6.45, 7) is 3.47. The van der Waals surface area contributed by atoms with Crippen molar-refractivity contribution >= 4 is 11.9 Å². The molecule has 0 aromatic rings. The number of carboxylic acids is 1. The molecule has 92 valence electrons. The minimum Gasteiger partial charge on any atom is -0.480 e. The summed E-state index contributed by atoms with van der Waals surface area (Å²) in [4.78, 5) is 23.8. The Kier molecular flexibility index (Phi) is 4.70.